The van der Waals surface area contributed by atoms with Gasteiger partial charge >= 0.3 is 0 Å². The molecular formula is C14H18Cl2FNO. The second-order valence-electron chi connectivity index (χ2n) is 5.67. The van der Waals surface area contributed by atoms with Crippen LogP contribution in [0.2, 0.25) is 5.02 Å². The molecule has 0 aliphatic carbocycles. The van der Waals surface area contributed by atoms with Crippen molar-refractivity contribution in [1.82, 2.24) is 5.32 Å². The van der Waals surface area contributed by atoms with Gasteiger partial charge in [0.25, 0.3) is 5.91 Å². The molecule has 1 aromatic rings. The Morgan fingerprint density at radius 1 is 1.42 bits per heavy atom. The van der Waals surface area contributed by atoms with E-state index in [1.165, 1.54) is 18.2 Å². The molecule has 0 spiro atoms. The fourth-order valence-electron chi connectivity index (χ4n) is 1.74. The number of carbonyl (C=O) groups is 1. The molecule has 106 valence electrons. The monoisotopic (exact) mass is 305 g/mol. The van der Waals surface area contributed by atoms with Gasteiger partial charge in [-0.25, -0.2) is 4.39 Å². The van der Waals surface area contributed by atoms with E-state index in [0.717, 1.165) is 6.42 Å². The van der Waals surface area contributed by atoms with E-state index in [1.807, 2.05) is 0 Å². The van der Waals surface area contributed by atoms with Gasteiger partial charge in [0.2, 0.25) is 0 Å². The lowest BCUT2D eigenvalue weighted by molar-refractivity contribution is 0.0948. The topological polar surface area (TPSA) is 29.1 Å². The van der Waals surface area contributed by atoms with Crippen LogP contribution in [0.3, 0.4) is 0 Å². The van der Waals surface area contributed by atoms with Crippen molar-refractivity contribution in [1.29, 1.82) is 0 Å². The lowest BCUT2D eigenvalue weighted by atomic mass is 9.90. The third-order valence-corrected chi connectivity index (χ3v) is 3.13. The number of amides is 1. The molecule has 1 N–H and O–H groups in total. The molecule has 0 saturated heterocycles. The van der Waals surface area contributed by atoms with E-state index >= 15 is 0 Å². The highest BCUT2D eigenvalue weighted by molar-refractivity contribution is 6.33. The van der Waals surface area contributed by atoms with Crippen molar-refractivity contribution >= 4 is 29.1 Å². The molecule has 0 heterocycles. The molecule has 5 heteroatoms. The van der Waals surface area contributed by atoms with Crippen molar-refractivity contribution in [3.8, 4) is 0 Å². The van der Waals surface area contributed by atoms with E-state index in [4.69, 9.17) is 23.2 Å². The molecule has 0 fully saturated rings. The average molecular weight is 306 g/mol. The molecule has 1 unspecified atom stereocenters. The zero-order chi connectivity index (χ0) is 14.6. The molecular weight excluding hydrogens is 288 g/mol. The van der Waals surface area contributed by atoms with E-state index in [2.05, 4.69) is 26.1 Å². The maximum absolute atomic E-state index is 13.5. The first-order valence-corrected chi connectivity index (χ1v) is 6.88. The van der Waals surface area contributed by atoms with Crippen LogP contribution in [0.1, 0.15) is 37.6 Å². The minimum atomic E-state index is -0.632. The number of benzene rings is 1. The van der Waals surface area contributed by atoms with Crippen molar-refractivity contribution in [2.45, 2.75) is 32.6 Å². The van der Waals surface area contributed by atoms with Gasteiger partial charge in [-0.05, 0) is 24.0 Å². The quantitative estimate of drug-likeness (QED) is 0.828. The van der Waals surface area contributed by atoms with Crippen molar-refractivity contribution in [3.63, 3.8) is 0 Å². The average Bonchev–Trinajstić information content (AvgIpc) is 2.23. The maximum atomic E-state index is 13.5. The second kappa shape index (κ2) is 6.58. The number of nitrogens with one attached hydrogen (secondary N) is 1. The van der Waals surface area contributed by atoms with E-state index in [1.54, 1.807) is 0 Å². The molecule has 0 aliphatic heterocycles. The van der Waals surface area contributed by atoms with Gasteiger partial charge in [0, 0.05) is 6.54 Å². The second-order valence-corrected chi connectivity index (χ2v) is 6.69. The van der Waals surface area contributed by atoms with Gasteiger partial charge in [0.1, 0.15) is 5.82 Å². The normalized spacial score (nSPS) is 13.2. The van der Waals surface area contributed by atoms with Gasteiger partial charge in [0.15, 0.2) is 0 Å². The summed E-state index contributed by atoms with van der Waals surface area (Å²) in [5, 5.41) is 2.50. The highest BCUT2D eigenvalue weighted by Crippen LogP contribution is 2.23. The summed E-state index contributed by atoms with van der Waals surface area (Å²) >= 11 is 11.9. The summed E-state index contributed by atoms with van der Waals surface area (Å²) in [5.41, 5.74) is -0.0592. The first kappa shape index (κ1) is 16.3. The maximum Gasteiger partial charge on any atom is 0.255 e. The first-order valence-electron chi connectivity index (χ1n) is 6.07. The van der Waals surface area contributed by atoms with E-state index in [0.29, 0.717) is 0 Å². The summed E-state index contributed by atoms with van der Waals surface area (Å²) in [7, 11) is 0. The summed E-state index contributed by atoms with van der Waals surface area (Å²) < 4.78 is 13.5. The Balaban J connectivity index is 2.61. The third kappa shape index (κ3) is 5.37. The summed E-state index contributed by atoms with van der Waals surface area (Å²) in [6.45, 7) is 6.48. The lowest BCUT2D eigenvalue weighted by Crippen LogP contribution is -2.32. The predicted octanol–water partition coefficient (Wildman–Crippen LogP) is 4.25. The minimum Gasteiger partial charge on any atom is -0.350 e. The molecule has 1 amide bonds. The summed E-state index contributed by atoms with van der Waals surface area (Å²) in [6, 6.07) is 4.14. The van der Waals surface area contributed by atoms with E-state index in [9.17, 15) is 9.18 Å². The summed E-state index contributed by atoms with van der Waals surface area (Å²) in [5.74, 6) is -1.17. The molecule has 0 saturated carbocycles. The Bertz CT molecular complexity index is 437. The van der Waals surface area contributed by atoms with Crippen LogP contribution >= 0.6 is 23.2 Å². The van der Waals surface area contributed by atoms with Crippen LogP contribution in [0.25, 0.3) is 0 Å². The number of alkyl halides is 1. The fourth-order valence-corrected chi connectivity index (χ4v) is 2.53. The zero-order valence-corrected chi connectivity index (χ0v) is 12.8. The highest BCUT2D eigenvalue weighted by Gasteiger charge is 2.19. The van der Waals surface area contributed by atoms with E-state index in [-0.39, 0.29) is 27.9 Å². The third-order valence-electron chi connectivity index (χ3n) is 2.51. The molecule has 2 nitrogen and oxygen atoms in total. The number of hydrogen-bond donors (Lipinski definition) is 1. The number of halogens is 3. The molecule has 0 aliphatic rings. The number of hydrogen-bond acceptors (Lipinski definition) is 1. The van der Waals surface area contributed by atoms with Crippen LogP contribution in [0.15, 0.2) is 18.2 Å². The van der Waals surface area contributed by atoms with Crippen LogP contribution < -0.4 is 5.32 Å². The predicted molar refractivity (Wildman–Crippen MR) is 77.5 cm³/mol. The standard InChI is InChI=1S/C14H18Cl2FNO/c1-14(2,3)7-9(15)8-18-13(19)12-10(16)5-4-6-11(12)17/h4-6,9H,7-8H2,1-3H3,(H,18,19). The molecule has 1 aromatic carbocycles. The highest BCUT2D eigenvalue weighted by atomic mass is 35.5. The van der Waals surface area contributed by atoms with E-state index < -0.39 is 11.7 Å². The lowest BCUT2D eigenvalue weighted by Gasteiger charge is -2.22. The Kier molecular flexibility index (Phi) is 5.63. The molecule has 0 radical (unpaired) electrons. The number of rotatable bonds is 4. The van der Waals surface area contributed by atoms with Crippen LogP contribution in [0, 0.1) is 11.2 Å². The molecule has 0 bridgehead atoms. The van der Waals surface area contributed by atoms with Gasteiger partial charge in [0.05, 0.1) is 16.0 Å². The van der Waals surface area contributed by atoms with Crippen LogP contribution in [0.4, 0.5) is 4.39 Å². The van der Waals surface area contributed by atoms with Crippen molar-refractivity contribution in [2.24, 2.45) is 5.41 Å². The Morgan fingerprint density at radius 3 is 2.58 bits per heavy atom. The van der Waals surface area contributed by atoms with Gasteiger partial charge < -0.3 is 5.32 Å². The Labute approximate surface area is 123 Å². The van der Waals surface area contributed by atoms with Crippen molar-refractivity contribution < 1.29 is 9.18 Å². The van der Waals surface area contributed by atoms with Crippen molar-refractivity contribution in [3.05, 3.63) is 34.6 Å². The van der Waals surface area contributed by atoms with Gasteiger partial charge in [-0.15, -0.1) is 11.6 Å². The van der Waals surface area contributed by atoms with Crippen LogP contribution in [0.5, 0.6) is 0 Å². The fraction of sp³-hybridized carbons (Fsp3) is 0.500. The number of carbonyl (C=O) groups excluding carboxylic acids is 1. The largest absolute Gasteiger partial charge is 0.350 e. The van der Waals surface area contributed by atoms with Crippen LogP contribution in [-0.2, 0) is 0 Å². The Morgan fingerprint density at radius 2 is 2.05 bits per heavy atom. The SMILES string of the molecule is CC(C)(C)CC(Cl)CNC(=O)c1c(F)cccc1Cl. The zero-order valence-electron chi connectivity index (χ0n) is 11.3. The smallest absolute Gasteiger partial charge is 0.255 e. The summed E-state index contributed by atoms with van der Waals surface area (Å²) in [6.07, 6.45) is 0.750. The van der Waals surface area contributed by atoms with Gasteiger partial charge in [-0.1, -0.05) is 38.4 Å². The first-order chi connectivity index (χ1) is 8.70. The summed E-state index contributed by atoms with van der Waals surface area (Å²) in [4.78, 5) is 11.9. The molecule has 1 rings (SSSR count). The Hall–Kier alpha value is -0.800. The van der Waals surface area contributed by atoms with Gasteiger partial charge in [-0.3, -0.25) is 4.79 Å². The van der Waals surface area contributed by atoms with Crippen LogP contribution in [-0.4, -0.2) is 17.8 Å². The minimum absolute atomic E-state index is 0.0762. The molecule has 1 atom stereocenters. The molecule has 0 aromatic heterocycles. The van der Waals surface area contributed by atoms with Gasteiger partial charge in [-0.2, -0.15) is 0 Å². The van der Waals surface area contributed by atoms with Crippen molar-refractivity contribution in [2.75, 3.05) is 6.54 Å². The molecule has 19 heavy (non-hydrogen) atoms.